The Balaban J connectivity index is 2.52. The monoisotopic (exact) mass is 213 g/mol. The minimum atomic E-state index is -0.872. The number of hydrogen-bond donors (Lipinski definition) is 2. The number of likely N-dealkylation sites (tertiary alicyclic amines) is 1. The van der Waals surface area contributed by atoms with Gasteiger partial charge in [-0.1, -0.05) is 13.0 Å². The molecule has 0 aromatic carbocycles. The third kappa shape index (κ3) is 3.04. The van der Waals surface area contributed by atoms with Gasteiger partial charge in [0.1, 0.15) is 0 Å². The van der Waals surface area contributed by atoms with E-state index in [2.05, 4.69) is 11.8 Å². The number of carboxylic acid groups (broad SMARTS) is 1. The highest BCUT2D eigenvalue weighted by molar-refractivity contribution is 5.85. The molecule has 1 fully saturated rings. The fourth-order valence-electron chi connectivity index (χ4n) is 1.95. The van der Waals surface area contributed by atoms with Crippen molar-refractivity contribution < 1.29 is 15.0 Å². The molecule has 0 amide bonds. The van der Waals surface area contributed by atoms with Crippen molar-refractivity contribution in [1.29, 1.82) is 0 Å². The highest BCUT2D eigenvalue weighted by Gasteiger charge is 2.29. The quantitative estimate of drug-likeness (QED) is 0.675. The molecule has 1 aliphatic rings. The van der Waals surface area contributed by atoms with Crippen molar-refractivity contribution >= 4 is 5.97 Å². The van der Waals surface area contributed by atoms with Crippen LogP contribution in [0.4, 0.5) is 0 Å². The standard InChI is InChI=1S/C11H19NO3/c1-8-3-5-12(10(8)7-13)6-4-9(2)11(14)15/h4,8,10,13H,3,5-7H2,1-2H3,(H,14,15)/b9-4-. The van der Waals surface area contributed by atoms with Crippen LogP contribution in [0.1, 0.15) is 20.3 Å². The molecule has 0 saturated carbocycles. The summed E-state index contributed by atoms with van der Waals surface area (Å²) in [6.07, 6.45) is 2.79. The molecule has 86 valence electrons. The van der Waals surface area contributed by atoms with Gasteiger partial charge in [0.2, 0.25) is 0 Å². The van der Waals surface area contributed by atoms with Gasteiger partial charge in [-0.3, -0.25) is 4.90 Å². The Labute approximate surface area is 90.2 Å². The predicted octanol–water partition coefficient (Wildman–Crippen LogP) is 0.720. The summed E-state index contributed by atoms with van der Waals surface area (Å²) in [7, 11) is 0. The number of aliphatic hydroxyl groups is 1. The summed E-state index contributed by atoms with van der Waals surface area (Å²) in [4.78, 5) is 12.7. The molecular weight excluding hydrogens is 194 g/mol. The maximum absolute atomic E-state index is 10.6. The fourth-order valence-corrected chi connectivity index (χ4v) is 1.95. The Morgan fingerprint density at radius 2 is 2.27 bits per heavy atom. The Morgan fingerprint density at radius 1 is 1.60 bits per heavy atom. The summed E-state index contributed by atoms with van der Waals surface area (Å²) in [6, 6.07) is 0.183. The van der Waals surface area contributed by atoms with E-state index in [-0.39, 0.29) is 12.6 Å². The van der Waals surface area contributed by atoms with Gasteiger partial charge in [-0.25, -0.2) is 4.79 Å². The number of carbonyl (C=O) groups is 1. The van der Waals surface area contributed by atoms with Crippen LogP contribution >= 0.6 is 0 Å². The second-order valence-corrected chi connectivity index (χ2v) is 4.20. The lowest BCUT2D eigenvalue weighted by Crippen LogP contribution is -2.35. The molecule has 0 spiro atoms. The second kappa shape index (κ2) is 5.28. The molecule has 0 radical (unpaired) electrons. The summed E-state index contributed by atoms with van der Waals surface area (Å²) in [6.45, 7) is 5.43. The number of aliphatic carboxylic acids is 1. The topological polar surface area (TPSA) is 60.8 Å². The highest BCUT2D eigenvalue weighted by atomic mass is 16.4. The van der Waals surface area contributed by atoms with Crippen molar-refractivity contribution in [2.24, 2.45) is 5.92 Å². The van der Waals surface area contributed by atoms with Crippen LogP contribution in [0.5, 0.6) is 0 Å². The molecule has 2 atom stereocenters. The van der Waals surface area contributed by atoms with Crippen LogP contribution in [-0.2, 0) is 4.79 Å². The lowest BCUT2D eigenvalue weighted by atomic mass is 10.0. The number of carboxylic acids is 1. The summed E-state index contributed by atoms with van der Waals surface area (Å²) < 4.78 is 0. The van der Waals surface area contributed by atoms with E-state index in [1.807, 2.05) is 0 Å². The zero-order valence-corrected chi connectivity index (χ0v) is 9.31. The van der Waals surface area contributed by atoms with Gasteiger partial charge in [-0.15, -0.1) is 0 Å². The summed E-state index contributed by atoms with van der Waals surface area (Å²) in [5, 5.41) is 17.9. The van der Waals surface area contributed by atoms with E-state index < -0.39 is 5.97 Å². The van der Waals surface area contributed by atoms with E-state index in [1.165, 1.54) is 0 Å². The Bertz CT molecular complexity index is 263. The van der Waals surface area contributed by atoms with Gasteiger partial charge in [0.15, 0.2) is 0 Å². The smallest absolute Gasteiger partial charge is 0.330 e. The van der Waals surface area contributed by atoms with Gasteiger partial charge >= 0.3 is 5.97 Å². The van der Waals surface area contributed by atoms with Crippen LogP contribution in [0.15, 0.2) is 11.6 Å². The summed E-state index contributed by atoms with van der Waals surface area (Å²) >= 11 is 0. The molecule has 2 N–H and O–H groups in total. The second-order valence-electron chi connectivity index (χ2n) is 4.20. The lowest BCUT2D eigenvalue weighted by Gasteiger charge is -2.23. The van der Waals surface area contributed by atoms with Crippen molar-refractivity contribution in [2.75, 3.05) is 19.7 Å². The van der Waals surface area contributed by atoms with Crippen molar-refractivity contribution in [3.8, 4) is 0 Å². The molecule has 4 heteroatoms. The van der Waals surface area contributed by atoms with Gasteiger partial charge in [0.25, 0.3) is 0 Å². The lowest BCUT2D eigenvalue weighted by molar-refractivity contribution is -0.132. The first-order chi connectivity index (χ1) is 7.06. The zero-order chi connectivity index (χ0) is 11.4. The van der Waals surface area contributed by atoms with Gasteiger partial charge in [0.05, 0.1) is 6.61 Å². The molecule has 2 unspecified atom stereocenters. The molecule has 4 nitrogen and oxygen atoms in total. The van der Waals surface area contributed by atoms with E-state index in [0.717, 1.165) is 13.0 Å². The average molecular weight is 213 g/mol. The molecule has 0 aromatic heterocycles. The molecule has 0 bridgehead atoms. The van der Waals surface area contributed by atoms with Crippen LogP contribution in [0, 0.1) is 5.92 Å². The van der Waals surface area contributed by atoms with Gasteiger partial charge in [-0.2, -0.15) is 0 Å². The maximum Gasteiger partial charge on any atom is 0.330 e. The molecule has 0 aromatic rings. The fraction of sp³-hybridized carbons (Fsp3) is 0.727. The molecule has 15 heavy (non-hydrogen) atoms. The van der Waals surface area contributed by atoms with Crippen LogP contribution in [0.3, 0.4) is 0 Å². The van der Waals surface area contributed by atoms with Crippen LogP contribution in [0.25, 0.3) is 0 Å². The van der Waals surface area contributed by atoms with Crippen LogP contribution in [-0.4, -0.2) is 46.8 Å². The maximum atomic E-state index is 10.6. The minimum absolute atomic E-state index is 0.154. The SMILES string of the molecule is C/C(=C/CN1CCC(C)C1CO)C(=O)O. The van der Waals surface area contributed by atoms with Crippen molar-refractivity contribution in [3.05, 3.63) is 11.6 Å². The number of nitrogens with zero attached hydrogens (tertiary/aromatic N) is 1. The predicted molar refractivity (Wildman–Crippen MR) is 57.6 cm³/mol. The average Bonchev–Trinajstić information content (AvgIpc) is 2.55. The molecule has 1 aliphatic heterocycles. The molecule has 1 saturated heterocycles. The number of aliphatic hydroxyl groups excluding tert-OH is 1. The molecule has 1 heterocycles. The highest BCUT2D eigenvalue weighted by Crippen LogP contribution is 2.23. The van der Waals surface area contributed by atoms with Crippen LogP contribution < -0.4 is 0 Å². The van der Waals surface area contributed by atoms with E-state index in [1.54, 1.807) is 13.0 Å². The van der Waals surface area contributed by atoms with E-state index in [9.17, 15) is 9.90 Å². The van der Waals surface area contributed by atoms with Crippen LogP contribution in [0.2, 0.25) is 0 Å². The first-order valence-electron chi connectivity index (χ1n) is 5.31. The molecular formula is C11H19NO3. The summed E-state index contributed by atoms with van der Waals surface area (Å²) in [5.74, 6) is -0.378. The van der Waals surface area contributed by atoms with E-state index >= 15 is 0 Å². The largest absolute Gasteiger partial charge is 0.478 e. The first kappa shape index (κ1) is 12.2. The normalized spacial score (nSPS) is 28.3. The third-order valence-electron chi connectivity index (χ3n) is 3.15. The summed E-state index contributed by atoms with van der Waals surface area (Å²) in [5.41, 5.74) is 0.367. The van der Waals surface area contributed by atoms with Crippen molar-refractivity contribution in [1.82, 2.24) is 4.90 Å². The molecule has 0 aliphatic carbocycles. The van der Waals surface area contributed by atoms with Crippen molar-refractivity contribution in [2.45, 2.75) is 26.3 Å². The minimum Gasteiger partial charge on any atom is -0.478 e. The van der Waals surface area contributed by atoms with Gasteiger partial charge in [0, 0.05) is 18.2 Å². The molecule has 1 rings (SSSR count). The van der Waals surface area contributed by atoms with Crippen molar-refractivity contribution in [3.63, 3.8) is 0 Å². The number of hydrogen-bond acceptors (Lipinski definition) is 3. The third-order valence-corrected chi connectivity index (χ3v) is 3.15. The Kier molecular flexibility index (Phi) is 4.29. The van der Waals surface area contributed by atoms with E-state index in [4.69, 9.17) is 5.11 Å². The zero-order valence-electron chi connectivity index (χ0n) is 9.31. The Hall–Kier alpha value is -0.870. The first-order valence-corrected chi connectivity index (χ1v) is 5.31. The van der Waals surface area contributed by atoms with Gasteiger partial charge in [-0.05, 0) is 25.8 Å². The number of rotatable bonds is 4. The van der Waals surface area contributed by atoms with Gasteiger partial charge < -0.3 is 10.2 Å². The van der Waals surface area contributed by atoms with E-state index in [0.29, 0.717) is 18.0 Å². The Morgan fingerprint density at radius 3 is 2.80 bits per heavy atom.